The van der Waals surface area contributed by atoms with Crippen LogP contribution in [-0.2, 0) is 0 Å². The molecule has 0 aliphatic rings. The van der Waals surface area contributed by atoms with Crippen LogP contribution in [0.4, 0.5) is 0 Å². The number of halogens is 1. The van der Waals surface area contributed by atoms with Crippen LogP contribution < -0.4 is 0 Å². The molecule has 76 valence electrons. The smallest absolute Gasteiger partial charge is 0.227 e. The van der Waals surface area contributed by atoms with E-state index in [0.717, 1.165) is 20.8 Å². The first-order chi connectivity index (χ1) is 7.79. The van der Waals surface area contributed by atoms with E-state index in [-0.39, 0.29) is 0 Å². The molecule has 3 nitrogen and oxygen atoms in total. The summed E-state index contributed by atoms with van der Waals surface area (Å²) in [5, 5.41) is 10.8. The fourth-order valence-corrected chi connectivity index (χ4v) is 2.12. The SMILES string of the molecule is N#Cc1c2cc(Br)ccc2nc2occc12. The van der Waals surface area contributed by atoms with Crippen LogP contribution in [0.2, 0.25) is 0 Å². The zero-order valence-electron chi connectivity index (χ0n) is 8.07. The molecule has 0 fully saturated rings. The van der Waals surface area contributed by atoms with Crippen molar-refractivity contribution in [3.8, 4) is 6.07 Å². The second-order valence-electron chi connectivity index (χ2n) is 3.40. The average molecular weight is 273 g/mol. The number of rotatable bonds is 0. The number of nitrogens with zero attached hydrogens (tertiary/aromatic N) is 2. The van der Waals surface area contributed by atoms with E-state index >= 15 is 0 Å². The van der Waals surface area contributed by atoms with E-state index < -0.39 is 0 Å². The minimum atomic E-state index is 0.506. The van der Waals surface area contributed by atoms with E-state index in [1.807, 2.05) is 18.2 Å². The van der Waals surface area contributed by atoms with E-state index in [0.29, 0.717) is 11.3 Å². The standard InChI is InChI=1S/C12H5BrN2O/c13-7-1-2-11-9(5-7)10(6-14)8-3-4-16-12(8)15-11/h1-5H. The first-order valence-electron chi connectivity index (χ1n) is 4.66. The zero-order chi connectivity index (χ0) is 11.1. The first kappa shape index (κ1) is 9.37. The topological polar surface area (TPSA) is 49.8 Å². The van der Waals surface area contributed by atoms with Gasteiger partial charge in [-0.1, -0.05) is 15.9 Å². The quantitative estimate of drug-likeness (QED) is 0.628. The highest BCUT2D eigenvalue weighted by molar-refractivity contribution is 9.10. The van der Waals surface area contributed by atoms with Gasteiger partial charge >= 0.3 is 0 Å². The molecule has 3 rings (SSSR count). The maximum Gasteiger partial charge on any atom is 0.227 e. The molecule has 1 aromatic carbocycles. The summed E-state index contributed by atoms with van der Waals surface area (Å²) in [6.07, 6.45) is 1.55. The Morgan fingerprint density at radius 2 is 2.12 bits per heavy atom. The third-order valence-corrected chi connectivity index (χ3v) is 2.97. The molecule has 0 saturated heterocycles. The average Bonchev–Trinajstić information content (AvgIpc) is 2.73. The summed E-state index contributed by atoms with van der Waals surface area (Å²) in [4.78, 5) is 4.35. The van der Waals surface area contributed by atoms with Gasteiger partial charge in [-0.3, -0.25) is 0 Å². The van der Waals surface area contributed by atoms with Crippen LogP contribution in [0.25, 0.3) is 22.0 Å². The third-order valence-electron chi connectivity index (χ3n) is 2.48. The summed E-state index contributed by atoms with van der Waals surface area (Å²) >= 11 is 3.39. The van der Waals surface area contributed by atoms with Gasteiger partial charge in [0.05, 0.1) is 22.7 Å². The molecule has 0 amide bonds. The van der Waals surface area contributed by atoms with Crippen LogP contribution in [0.5, 0.6) is 0 Å². The van der Waals surface area contributed by atoms with Crippen LogP contribution in [0.3, 0.4) is 0 Å². The molecular formula is C12H5BrN2O. The Kier molecular flexibility index (Phi) is 1.95. The van der Waals surface area contributed by atoms with Crippen molar-refractivity contribution in [1.82, 2.24) is 4.98 Å². The molecular weight excluding hydrogens is 268 g/mol. The molecule has 0 aliphatic heterocycles. The molecule has 0 atom stereocenters. The van der Waals surface area contributed by atoms with Gasteiger partial charge in [0.2, 0.25) is 5.71 Å². The summed E-state index contributed by atoms with van der Waals surface area (Å²) in [6.45, 7) is 0. The third kappa shape index (κ3) is 1.22. The summed E-state index contributed by atoms with van der Waals surface area (Å²) in [7, 11) is 0. The summed E-state index contributed by atoms with van der Waals surface area (Å²) in [5.74, 6) is 0. The molecule has 3 aromatic rings. The summed E-state index contributed by atoms with van der Waals surface area (Å²) < 4.78 is 6.16. The highest BCUT2D eigenvalue weighted by atomic mass is 79.9. The maximum absolute atomic E-state index is 9.21. The number of hydrogen-bond acceptors (Lipinski definition) is 3. The van der Waals surface area contributed by atoms with Gasteiger partial charge in [0.25, 0.3) is 0 Å². The molecule has 2 heterocycles. The zero-order valence-corrected chi connectivity index (χ0v) is 9.65. The normalized spacial score (nSPS) is 10.8. The molecule has 0 radical (unpaired) electrons. The van der Waals surface area contributed by atoms with Crippen molar-refractivity contribution < 1.29 is 4.42 Å². The van der Waals surface area contributed by atoms with Crippen LogP contribution in [-0.4, -0.2) is 4.98 Å². The highest BCUT2D eigenvalue weighted by Gasteiger charge is 2.10. The predicted molar refractivity (Wildman–Crippen MR) is 63.9 cm³/mol. The second-order valence-corrected chi connectivity index (χ2v) is 4.32. The van der Waals surface area contributed by atoms with E-state index in [1.54, 1.807) is 12.3 Å². The number of hydrogen-bond donors (Lipinski definition) is 0. The lowest BCUT2D eigenvalue weighted by atomic mass is 10.1. The number of nitriles is 1. The van der Waals surface area contributed by atoms with Gasteiger partial charge in [0, 0.05) is 9.86 Å². The van der Waals surface area contributed by atoms with Crippen LogP contribution in [0.1, 0.15) is 5.56 Å². The van der Waals surface area contributed by atoms with Gasteiger partial charge < -0.3 is 4.42 Å². The Hall–Kier alpha value is -1.86. The van der Waals surface area contributed by atoms with Crippen molar-refractivity contribution in [2.75, 3.05) is 0 Å². The predicted octanol–water partition coefficient (Wildman–Crippen LogP) is 3.62. The maximum atomic E-state index is 9.21. The molecule has 0 N–H and O–H groups in total. The van der Waals surface area contributed by atoms with E-state index in [1.165, 1.54) is 0 Å². The largest absolute Gasteiger partial charge is 0.446 e. The lowest BCUT2D eigenvalue weighted by Crippen LogP contribution is -1.85. The molecule has 0 bridgehead atoms. The van der Waals surface area contributed by atoms with Crippen LogP contribution in [0, 0.1) is 11.3 Å². The fraction of sp³-hybridized carbons (Fsp3) is 0. The van der Waals surface area contributed by atoms with E-state index in [2.05, 4.69) is 27.0 Å². The number of pyridine rings is 1. The lowest BCUT2D eigenvalue weighted by Gasteiger charge is -2.01. The number of benzene rings is 1. The lowest BCUT2D eigenvalue weighted by molar-refractivity contribution is 0.604. The van der Waals surface area contributed by atoms with Crippen molar-refractivity contribution in [2.45, 2.75) is 0 Å². The summed E-state index contributed by atoms with van der Waals surface area (Å²) in [5.41, 5.74) is 1.88. The molecule has 0 aliphatic carbocycles. The monoisotopic (exact) mass is 272 g/mol. The van der Waals surface area contributed by atoms with Crippen molar-refractivity contribution in [3.63, 3.8) is 0 Å². The van der Waals surface area contributed by atoms with Gasteiger partial charge in [-0.2, -0.15) is 5.26 Å². The summed E-state index contributed by atoms with van der Waals surface area (Å²) in [6, 6.07) is 9.62. The van der Waals surface area contributed by atoms with Crippen LogP contribution in [0.15, 0.2) is 39.4 Å². The molecule has 0 spiro atoms. The van der Waals surface area contributed by atoms with Crippen molar-refractivity contribution in [2.24, 2.45) is 0 Å². The second kappa shape index (κ2) is 3.32. The Morgan fingerprint density at radius 1 is 1.25 bits per heavy atom. The molecule has 0 unspecified atom stereocenters. The highest BCUT2D eigenvalue weighted by Crippen LogP contribution is 2.28. The van der Waals surface area contributed by atoms with Crippen molar-refractivity contribution in [3.05, 3.63) is 40.6 Å². The van der Waals surface area contributed by atoms with Gasteiger partial charge in [-0.05, 0) is 24.3 Å². The fourth-order valence-electron chi connectivity index (χ4n) is 1.76. The Labute approximate surface area is 99.4 Å². The number of furan rings is 1. The minimum Gasteiger partial charge on any atom is -0.446 e. The van der Waals surface area contributed by atoms with Crippen molar-refractivity contribution >= 4 is 37.9 Å². The Bertz CT molecular complexity index is 740. The van der Waals surface area contributed by atoms with Crippen molar-refractivity contribution in [1.29, 1.82) is 5.26 Å². The molecule has 16 heavy (non-hydrogen) atoms. The number of fused-ring (bicyclic) bond motifs is 2. The van der Waals surface area contributed by atoms with Gasteiger partial charge in [0.1, 0.15) is 6.07 Å². The van der Waals surface area contributed by atoms with Gasteiger partial charge in [-0.15, -0.1) is 0 Å². The van der Waals surface area contributed by atoms with E-state index in [4.69, 9.17) is 4.42 Å². The van der Waals surface area contributed by atoms with Crippen LogP contribution >= 0.6 is 15.9 Å². The Morgan fingerprint density at radius 3 is 2.94 bits per heavy atom. The van der Waals surface area contributed by atoms with Gasteiger partial charge in [-0.25, -0.2) is 4.98 Å². The molecule has 0 saturated carbocycles. The first-order valence-corrected chi connectivity index (χ1v) is 5.45. The van der Waals surface area contributed by atoms with E-state index in [9.17, 15) is 5.26 Å². The number of aromatic nitrogens is 1. The minimum absolute atomic E-state index is 0.506. The molecule has 4 heteroatoms. The van der Waals surface area contributed by atoms with Gasteiger partial charge in [0.15, 0.2) is 0 Å². The Balaban J connectivity index is 2.61. The molecule has 2 aromatic heterocycles.